The predicted molar refractivity (Wildman–Crippen MR) is 106 cm³/mol. The maximum Gasteiger partial charge on any atom is 0.407 e. The molecule has 1 aliphatic rings. The van der Waals surface area contributed by atoms with Crippen LogP contribution in [0.25, 0.3) is 0 Å². The molecule has 0 aliphatic carbocycles. The highest BCUT2D eigenvalue weighted by atomic mass is 16.6. The lowest BCUT2D eigenvalue weighted by atomic mass is 10.0. The van der Waals surface area contributed by atoms with Gasteiger partial charge in [-0.3, -0.25) is 4.90 Å². The first-order valence-corrected chi connectivity index (χ1v) is 9.59. The van der Waals surface area contributed by atoms with E-state index in [4.69, 9.17) is 4.74 Å². The van der Waals surface area contributed by atoms with E-state index < -0.39 is 11.7 Å². The molecule has 7 heteroatoms. The summed E-state index contributed by atoms with van der Waals surface area (Å²) in [7, 11) is 0. The van der Waals surface area contributed by atoms with Gasteiger partial charge in [0.25, 0.3) is 0 Å². The van der Waals surface area contributed by atoms with Crippen molar-refractivity contribution in [3.63, 3.8) is 0 Å². The predicted octanol–water partition coefficient (Wildman–Crippen LogP) is 2.47. The van der Waals surface area contributed by atoms with Crippen LogP contribution >= 0.6 is 0 Å². The molecule has 0 unspecified atom stereocenters. The van der Waals surface area contributed by atoms with Gasteiger partial charge in [0.15, 0.2) is 0 Å². The van der Waals surface area contributed by atoms with Gasteiger partial charge in [-0.2, -0.15) is 0 Å². The van der Waals surface area contributed by atoms with Crippen molar-refractivity contribution in [2.45, 2.75) is 51.8 Å². The number of nitrogens with one attached hydrogen (secondary N) is 3. The van der Waals surface area contributed by atoms with Crippen molar-refractivity contribution in [1.29, 1.82) is 0 Å². The van der Waals surface area contributed by atoms with Crippen molar-refractivity contribution >= 4 is 12.1 Å². The van der Waals surface area contributed by atoms with E-state index in [1.165, 1.54) is 5.56 Å². The van der Waals surface area contributed by atoms with E-state index in [1.54, 1.807) is 0 Å². The lowest BCUT2D eigenvalue weighted by Crippen LogP contribution is -2.48. The van der Waals surface area contributed by atoms with Crippen molar-refractivity contribution in [1.82, 2.24) is 20.9 Å². The lowest BCUT2D eigenvalue weighted by molar-refractivity contribution is 0.0528. The van der Waals surface area contributed by atoms with E-state index >= 15 is 0 Å². The monoisotopic (exact) mass is 376 g/mol. The first kappa shape index (κ1) is 21.0. The quantitative estimate of drug-likeness (QED) is 0.666. The summed E-state index contributed by atoms with van der Waals surface area (Å²) in [5, 5.41) is 8.39. The van der Waals surface area contributed by atoms with Crippen LogP contribution < -0.4 is 16.0 Å². The topological polar surface area (TPSA) is 82.7 Å². The van der Waals surface area contributed by atoms with Gasteiger partial charge in [0.05, 0.1) is 0 Å². The Kier molecular flexibility index (Phi) is 7.91. The molecule has 1 aliphatic heterocycles. The van der Waals surface area contributed by atoms with Crippen molar-refractivity contribution in [3.8, 4) is 0 Å². The van der Waals surface area contributed by atoms with Gasteiger partial charge >= 0.3 is 12.1 Å². The molecule has 0 aromatic heterocycles. The van der Waals surface area contributed by atoms with Gasteiger partial charge in [-0.1, -0.05) is 30.3 Å². The minimum atomic E-state index is -0.524. The first-order valence-electron chi connectivity index (χ1n) is 9.59. The smallest absolute Gasteiger partial charge is 0.407 e. The van der Waals surface area contributed by atoms with E-state index in [9.17, 15) is 9.59 Å². The Morgan fingerprint density at radius 2 is 1.70 bits per heavy atom. The number of likely N-dealkylation sites (tertiary alicyclic amines) is 1. The van der Waals surface area contributed by atoms with Crippen LogP contribution in [0.5, 0.6) is 0 Å². The van der Waals surface area contributed by atoms with Gasteiger partial charge in [-0.15, -0.1) is 0 Å². The van der Waals surface area contributed by atoms with Crippen LogP contribution in [0.1, 0.15) is 39.2 Å². The van der Waals surface area contributed by atoms with Crippen LogP contribution in [0.3, 0.4) is 0 Å². The standard InChI is InChI=1S/C20H32N4O3/c1-20(2,3)27-19(26)22-12-11-21-18(25)23-17-9-13-24(14-10-17)15-16-7-5-4-6-8-16/h4-8,17H,9-15H2,1-3H3,(H,22,26)(H2,21,23,25). The number of ether oxygens (including phenoxy) is 1. The van der Waals surface area contributed by atoms with Gasteiger partial charge in [0, 0.05) is 38.8 Å². The minimum absolute atomic E-state index is 0.191. The molecule has 27 heavy (non-hydrogen) atoms. The Balaban J connectivity index is 1.56. The maximum atomic E-state index is 12.0. The van der Waals surface area contributed by atoms with Crippen LogP contribution in [0, 0.1) is 0 Å². The molecule has 1 aromatic carbocycles. The summed E-state index contributed by atoms with van der Waals surface area (Å²) >= 11 is 0. The summed E-state index contributed by atoms with van der Waals surface area (Å²) < 4.78 is 5.14. The van der Waals surface area contributed by atoms with E-state index in [0.29, 0.717) is 13.1 Å². The van der Waals surface area contributed by atoms with Gasteiger partial charge in [0.2, 0.25) is 0 Å². The summed E-state index contributed by atoms with van der Waals surface area (Å²) in [5.74, 6) is 0. The molecule has 1 saturated heterocycles. The average Bonchev–Trinajstić information content (AvgIpc) is 2.60. The molecule has 0 atom stereocenters. The Labute approximate surface area is 161 Å². The van der Waals surface area contributed by atoms with Gasteiger partial charge in [0.1, 0.15) is 5.60 Å². The number of amides is 3. The average molecular weight is 377 g/mol. The lowest BCUT2D eigenvalue weighted by Gasteiger charge is -2.32. The minimum Gasteiger partial charge on any atom is -0.444 e. The molecular weight excluding hydrogens is 344 g/mol. The molecule has 1 heterocycles. The maximum absolute atomic E-state index is 12.0. The molecule has 0 radical (unpaired) electrons. The van der Waals surface area contributed by atoms with Crippen molar-refractivity contribution < 1.29 is 14.3 Å². The SMILES string of the molecule is CC(C)(C)OC(=O)NCCNC(=O)NC1CCN(Cc2ccccc2)CC1. The Morgan fingerprint density at radius 3 is 2.33 bits per heavy atom. The third-order valence-electron chi connectivity index (χ3n) is 4.25. The summed E-state index contributed by atoms with van der Waals surface area (Å²) in [6, 6.07) is 10.4. The number of urea groups is 1. The number of piperidine rings is 1. The number of rotatable bonds is 6. The van der Waals surface area contributed by atoms with Crippen LogP contribution in [0.2, 0.25) is 0 Å². The molecule has 3 amide bonds. The highest BCUT2D eigenvalue weighted by Gasteiger charge is 2.20. The van der Waals surface area contributed by atoms with Crippen molar-refractivity contribution in [2.75, 3.05) is 26.2 Å². The van der Waals surface area contributed by atoms with E-state index in [1.807, 2.05) is 26.8 Å². The van der Waals surface area contributed by atoms with Crippen LogP contribution in [0.4, 0.5) is 9.59 Å². The second-order valence-corrected chi connectivity index (χ2v) is 7.86. The molecule has 1 fully saturated rings. The number of benzene rings is 1. The van der Waals surface area contributed by atoms with Gasteiger partial charge < -0.3 is 20.7 Å². The summed E-state index contributed by atoms with van der Waals surface area (Å²) in [4.78, 5) is 25.9. The summed E-state index contributed by atoms with van der Waals surface area (Å²) in [6.07, 6.45) is 1.41. The molecule has 3 N–H and O–H groups in total. The largest absolute Gasteiger partial charge is 0.444 e. The number of alkyl carbamates (subject to hydrolysis) is 1. The highest BCUT2D eigenvalue weighted by molar-refractivity contribution is 5.74. The van der Waals surface area contributed by atoms with E-state index in [2.05, 4.69) is 45.1 Å². The first-order chi connectivity index (χ1) is 12.8. The Hall–Kier alpha value is -2.28. The number of nitrogens with zero attached hydrogens (tertiary/aromatic N) is 1. The molecule has 0 bridgehead atoms. The van der Waals surface area contributed by atoms with E-state index in [-0.39, 0.29) is 12.1 Å². The van der Waals surface area contributed by atoms with Crippen LogP contribution in [-0.4, -0.2) is 54.8 Å². The van der Waals surface area contributed by atoms with Crippen molar-refractivity contribution in [2.24, 2.45) is 0 Å². The van der Waals surface area contributed by atoms with E-state index in [0.717, 1.165) is 32.5 Å². The normalized spacial score (nSPS) is 15.8. The number of carbonyl (C=O) groups is 2. The molecule has 0 saturated carbocycles. The fourth-order valence-corrected chi connectivity index (χ4v) is 2.97. The fraction of sp³-hybridized carbons (Fsp3) is 0.600. The summed E-state index contributed by atoms with van der Waals surface area (Å²) in [5.41, 5.74) is 0.795. The molecule has 0 spiro atoms. The molecule has 2 rings (SSSR count). The Bertz CT molecular complexity index is 593. The zero-order chi connectivity index (χ0) is 19.7. The van der Waals surface area contributed by atoms with Crippen LogP contribution in [0.15, 0.2) is 30.3 Å². The summed E-state index contributed by atoms with van der Waals surface area (Å²) in [6.45, 7) is 9.02. The second-order valence-electron chi connectivity index (χ2n) is 7.86. The highest BCUT2D eigenvalue weighted by Crippen LogP contribution is 2.13. The number of carbonyl (C=O) groups excluding carboxylic acids is 2. The number of hydrogen-bond acceptors (Lipinski definition) is 4. The zero-order valence-electron chi connectivity index (χ0n) is 16.6. The van der Waals surface area contributed by atoms with Crippen LogP contribution in [-0.2, 0) is 11.3 Å². The van der Waals surface area contributed by atoms with Crippen molar-refractivity contribution in [3.05, 3.63) is 35.9 Å². The third-order valence-corrected chi connectivity index (χ3v) is 4.25. The van der Waals surface area contributed by atoms with Gasteiger partial charge in [-0.25, -0.2) is 9.59 Å². The second kappa shape index (κ2) is 10.2. The molecular formula is C20H32N4O3. The molecule has 1 aromatic rings. The third kappa shape index (κ3) is 8.77. The fourth-order valence-electron chi connectivity index (χ4n) is 2.97. The zero-order valence-corrected chi connectivity index (χ0v) is 16.6. The molecule has 150 valence electrons. The Morgan fingerprint density at radius 1 is 1.07 bits per heavy atom. The molecule has 7 nitrogen and oxygen atoms in total. The van der Waals surface area contributed by atoms with Gasteiger partial charge in [-0.05, 0) is 39.2 Å². The number of hydrogen-bond donors (Lipinski definition) is 3.